The highest BCUT2D eigenvalue weighted by Crippen LogP contribution is 2.21. The molecule has 0 aliphatic rings. The van der Waals surface area contributed by atoms with Crippen molar-refractivity contribution >= 4 is 46.8 Å². The molecule has 8 heteroatoms. The molecular formula is C22H26Cl2N2O3S. The number of aryl methyl sites for hydroxylation is 2. The average molecular weight is 469 g/mol. The number of rotatable bonds is 10. The zero-order valence-corrected chi connectivity index (χ0v) is 19.6. The number of ether oxygens (including phenoxy) is 1. The van der Waals surface area contributed by atoms with Crippen LogP contribution in [0, 0.1) is 13.8 Å². The quantitative estimate of drug-likeness (QED) is 0.497. The first-order chi connectivity index (χ1) is 14.3. The van der Waals surface area contributed by atoms with E-state index in [4.69, 9.17) is 27.9 Å². The molecule has 0 aliphatic heterocycles. The number of thioether (sulfide) groups is 1. The second-order valence-corrected chi connectivity index (χ2v) is 8.72. The van der Waals surface area contributed by atoms with E-state index in [1.165, 1.54) is 6.07 Å². The monoisotopic (exact) mass is 468 g/mol. The molecule has 0 saturated carbocycles. The molecule has 1 unspecified atom stereocenters. The van der Waals surface area contributed by atoms with Crippen molar-refractivity contribution in [2.24, 2.45) is 0 Å². The Morgan fingerprint density at radius 3 is 2.43 bits per heavy atom. The minimum atomic E-state index is -0.669. The van der Waals surface area contributed by atoms with Gasteiger partial charge in [0, 0.05) is 5.02 Å². The lowest BCUT2D eigenvalue weighted by atomic mass is 10.1. The molecule has 162 valence electrons. The third-order valence-corrected chi connectivity index (χ3v) is 5.47. The molecule has 5 nitrogen and oxygen atoms in total. The molecule has 0 heterocycles. The lowest BCUT2D eigenvalue weighted by Gasteiger charge is -2.19. The van der Waals surface area contributed by atoms with Crippen LogP contribution in [0.4, 0.5) is 0 Å². The normalized spacial score (nSPS) is 11.6. The molecule has 30 heavy (non-hydrogen) atoms. The smallest absolute Gasteiger partial charge is 0.253 e. The van der Waals surface area contributed by atoms with Crippen LogP contribution in [0.2, 0.25) is 10.0 Å². The van der Waals surface area contributed by atoms with Gasteiger partial charge in [-0.3, -0.25) is 9.59 Å². The van der Waals surface area contributed by atoms with Crippen LogP contribution in [0.3, 0.4) is 0 Å². The maximum atomic E-state index is 12.6. The highest BCUT2D eigenvalue weighted by Gasteiger charge is 2.22. The zero-order valence-electron chi connectivity index (χ0n) is 17.3. The minimum Gasteiger partial charge on any atom is -0.492 e. The third kappa shape index (κ3) is 7.74. The molecule has 2 aromatic rings. The SMILES string of the molecule is CSCCC(NC(=O)c1ccc(Cl)cc1Cl)C(=O)NCCOc1cc(C)cc(C)c1. The van der Waals surface area contributed by atoms with Crippen LogP contribution in [-0.4, -0.2) is 43.0 Å². The van der Waals surface area contributed by atoms with Crippen molar-refractivity contribution in [2.75, 3.05) is 25.2 Å². The summed E-state index contributed by atoms with van der Waals surface area (Å²) in [5.74, 6) is 0.827. The van der Waals surface area contributed by atoms with E-state index in [1.807, 2.05) is 32.2 Å². The second kappa shape index (κ2) is 12.1. The van der Waals surface area contributed by atoms with E-state index in [9.17, 15) is 9.59 Å². The summed E-state index contributed by atoms with van der Waals surface area (Å²) in [6.45, 7) is 4.68. The summed E-state index contributed by atoms with van der Waals surface area (Å²) in [5, 5.41) is 6.28. The second-order valence-electron chi connectivity index (χ2n) is 6.89. The van der Waals surface area contributed by atoms with Gasteiger partial charge in [-0.25, -0.2) is 0 Å². The Morgan fingerprint density at radius 1 is 1.10 bits per heavy atom. The summed E-state index contributed by atoms with van der Waals surface area (Å²) < 4.78 is 5.72. The van der Waals surface area contributed by atoms with Crippen molar-refractivity contribution in [3.8, 4) is 5.75 Å². The van der Waals surface area contributed by atoms with Crippen molar-refractivity contribution in [1.82, 2.24) is 10.6 Å². The Morgan fingerprint density at radius 2 is 1.80 bits per heavy atom. The lowest BCUT2D eigenvalue weighted by Crippen LogP contribution is -2.48. The number of nitrogens with one attached hydrogen (secondary N) is 2. The predicted octanol–water partition coefficient (Wildman–Crippen LogP) is 4.66. The van der Waals surface area contributed by atoms with Gasteiger partial charge in [0.25, 0.3) is 5.91 Å². The number of carbonyl (C=O) groups excluding carboxylic acids is 2. The summed E-state index contributed by atoms with van der Waals surface area (Å²) in [6, 6.07) is 9.93. The van der Waals surface area contributed by atoms with Crippen LogP contribution < -0.4 is 15.4 Å². The first-order valence-corrected chi connectivity index (χ1v) is 11.7. The minimum absolute atomic E-state index is 0.242. The van der Waals surface area contributed by atoms with E-state index in [1.54, 1.807) is 23.9 Å². The summed E-state index contributed by atoms with van der Waals surface area (Å²) in [4.78, 5) is 25.2. The Labute approximate surface area is 191 Å². The topological polar surface area (TPSA) is 67.4 Å². The first kappa shape index (κ1) is 24.4. The van der Waals surface area contributed by atoms with Crippen LogP contribution in [0.25, 0.3) is 0 Å². The van der Waals surface area contributed by atoms with Gasteiger partial charge < -0.3 is 15.4 Å². The van der Waals surface area contributed by atoms with Gasteiger partial charge in [-0.15, -0.1) is 0 Å². The van der Waals surface area contributed by atoms with Gasteiger partial charge in [0.05, 0.1) is 17.1 Å². The number of hydrogen-bond acceptors (Lipinski definition) is 4. The molecule has 0 saturated heterocycles. The molecule has 0 spiro atoms. The largest absolute Gasteiger partial charge is 0.492 e. The predicted molar refractivity (Wildman–Crippen MR) is 125 cm³/mol. The maximum Gasteiger partial charge on any atom is 0.253 e. The van der Waals surface area contributed by atoms with Crippen molar-refractivity contribution in [3.05, 3.63) is 63.1 Å². The molecular weight excluding hydrogens is 443 g/mol. The van der Waals surface area contributed by atoms with Gasteiger partial charge in [-0.2, -0.15) is 11.8 Å². The molecule has 2 rings (SSSR count). The summed E-state index contributed by atoms with van der Waals surface area (Å²) >= 11 is 13.6. The van der Waals surface area contributed by atoms with E-state index < -0.39 is 11.9 Å². The first-order valence-electron chi connectivity index (χ1n) is 9.54. The van der Waals surface area contributed by atoms with Gasteiger partial charge in [-0.05, 0) is 73.7 Å². The average Bonchev–Trinajstić information content (AvgIpc) is 2.67. The fourth-order valence-corrected chi connectivity index (χ4v) is 3.86. The highest BCUT2D eigenvalue weighted by atomic mass is 35.5. The summed E-state index contributed by atoms with van der Waals surface area (Å²) in [6.07, 6.45) is 2.45. The molecule has 1 atom stereocenters. The molecule has 2 N–H and O–H groups in total. The maximum absolute atomic E-state index is 12.6. The van der Waals surface area contributed by atoms with Crippen LogP contribution >= 0.6 is 35.0 Å². The fourth-order valence-electron chi connectivity index (χ4n) is 2.90. The number of carbonyl (C=O) groups is 2. The number of amides is 2. The third-order valence-electron chi connectivity index (χ3n) is 4.27. The van der Waals surface area contributed by atoms with Crippen LogP contribution in [0.15, 0.2) is 36.4 Å². The van der Waals surface area contributed by atoms with Crippen LogP contribution in [0.5, 0.6) is 5.75 Å². The van der Waals surface area contributed by atoms with Crippen LogP contribution in [0.1, 0.15) is 27.9 Å². The molecule has 0 fully saturated rings. The lowest BCUT2D eigenvalue weighted by molar-refractivity contribution is -0.123. The van der Waals surface area contributed by atoms with Crippen LogP contribution in [-0.2, 0) is 4.79 Å². The Kier molecular flexibility index (Phi) is 9.82. The Hall–Kier alpha value is -1.89. The van der Waals surface area contributed by atoms with Crippen molar-refractivity contribution < 1.29 is 14.3 Å². The Bertz CT molecular complexity index is 872. The van der Waals surface area contributed by atoms with E-state index >= 15 is 0 Å². The van der Waals surface area contributed by atoms with Crippen molar-refractivity contribution in [2.45, 2.75) is 26.3 Å². The van der Waals surface area contributed by atoms with Crippen molar-refractivity contribution in [1.29, 1.82) is 0 Å². The Balaban J connectivity index is 1.91. The molecule has 2 aromatic carbocycles. The number of benzene rings is 2. The van der Waals surface area contributed by atoms with E-state index in [0.29, 0.717) is 24.6 Å². The molecule has 0 radical (unpaired) electrons. The van der Waals surface area contributed by atoms with E-state index in [2.05, 4.69) is 16.7 Å². The number of hydrogen-bond donors (Lipinski definition) is 2. The fraction of sp³-hybridized carbons (Fsp3) is 0.364. The standard InChI is InChI=1S/C22H26Cl2N2O3S/c1-14-10-15(2)12-17(11-14)29-8-7-25-22(28)20(6-9-30-3)26-21(27)18-5-4-16(23)13-19(18)24/h4-5,10-13,20H,6-9H2,1-3H3,(H,25,28)(H,26,27). The van der Waals surface area contributed by atoms with E-state index in [0.717, 1.165) is 22.6 Å². The molecule has 0 aliphatic carbocycles. The molecule has 2 amide bonds. The van der Waals surface area contributed by atoms with Gasteiger partial charge >= 0.3 is 0 Å². The summed E-state index contributed by atoms with van der Waals surface area (Å²) in [5.41, 5.74) is 2.52. The zero-order chi connectivity index (χ0) is 22.1. The van der Waals surface area contributed by atoms with Gasteiger partial charge in [0.1, 0.15) is 18.4 Å². The van der Waals surface area contributed by atoms with Gasteiger partial charge in [0.2, 0.25) is 5.91 Å². The van der Waals surface area contributed by atoms with Gasteiger partial charge in [0.15, 0.2) is 0 Å². The highest BCUT2D eigenvalue weighted by molar-refractivity contribution is 7.98. The summed E-state index contributed by atoms with van der Waals surface area (Å²) in [7, 11) is 0. The van der Waals surface area contributed by atoms with E-state index in [-0.39, 0.29) is 16.5 Å². The number of halogens is 2. The van der Waals surface area contributed by atoms with Crippen molar-refractivity contribution in [3.63, 3.8) is 0 Å². The molecule has 0 bridgehead atoms. The molecule has 0 aromatic heterocycles. The van der Waals surface area contributed by atoms with Gasteiger partial charge in [-0.1, -0.05) is 29.3 Å².